The van der Waals surface area contributed by atoms with Crippen LogP contribution in [0.2, 0.25) is 0 Å². The van der Waals surface area contributed by atoms with Crippen LogP contribution in [0.3, 0.4) is 0 Å². The van der Waals surface area contributed by atoms with Crippen molar-refractivity contribution in [1.82, 2.24) is 15.0 Å². The smallest absolute Gasteiger partial charge is 0.164 e. The molecule has 0 spiro atoms. The van der Waals surface area contributed by atoms with Crippen LogP contribution >= 0.6 is 22.7 Å². The topological polar surface area (TPSA) is 51.8 Å². The summed E-state index contributed by atoms with van der Waals surface area (Å²) in [4.78, 5) is 15.7. The molecule has 12 aromatic rings. The summed E-state index contributed by atoms with van der Waals surface area (Å²) in [5.41, 5.74) is 6.95. The van der Waals surface area contributed by atoms with Gasteiger partial charge in [0, 0.05) is 67.8 Å². The highest BCUT2D eigenvalue weighted by atomic mass is 32.1. The number of hydrogen-bond acceptors (Lipinski definition) is 6. The Bertz CT molecular complexity index is 3510. The number of para-hydroxylation sites is 1. The van der Waals surface area contributed by atoms with E-state index in [0.29, 0.717) is 17.5 Å². The van der Waals surface area contributed by atoms with Gasteiger partial charge in [0.25, 0.3) is 0 Å². The molecule has 12 rings (SSSR count). The van der Waals surface area contributed by atoms with Crippen LogP contribution in [0.4, 0.5) is 0 Å². The first kappa shape index (κ1) is 30.7. The molecule has 0 saturated heterocycles. The van der Waals surface area contributed by atoms with Gasteiger partial charge in [-0.3, -0.25) is 0 Å². The maximum atomic E-state index is 6.29. The molecule has 4 heterocycles. The fourth-order valence-electron chi connectivity index (χ4n) is 8.31. The molecule has 0 N–H and O–H groups in total. The van der Waals surface area contributed by atoms with Crippen molar-refractivity contribution in [2.24, 2.45) is 0 Å². The normalized spacial score (nSPS) is 12.0. The fourth-order valence-corrected chi connectivity index (χ4v) is 10.6. The summed E-state index contributed by atoms with van der Waals surface area (Å²) in [6, 6.07) is 57.8. The van der Waals surface area contributed by atoms with Crippen LogP contribution in [-0.2, 0) is 0 Å². The van der Waals surface area contributed by atoms with E-state index in [0.717, 1.165) is 44.0 Å². The standard InChI is InChI=1S/C49H27N3OS2/c1-2-12-28(13-3-1)47-50-48(34-18-10-21-38-44(34)32-16-6-8-20-37(32)53-38)52-49(51-47)35-19-11-23-41-45(35)36-26-30(24-25-40(36)54-41)43-31-15-5-4-14-29(31)27-42-46(43)33-17-7-9-22-39(33)55-42/h1-27H. The molecule has 0 radical (unpaired) electrons. The molecule has 0 bridgehead atoms. The van der Waals surface area contributed by atoms with Gasteiger partial charge in [0.2, 0.25) is 0 Å². The zero-order chi connectivity index (χ0) is 36.0. The first-order valence-corrected chi connectivity index (χ1v) is 19.9. The maximum absolute atomic E-state index is 6.29. The summed E-state index contributed by atoms with van der Waals surface area (Å²) >= 11 is 3.68. The molecule has 0 aliphatic carbocycles. The number of aromatic nitrogens is 3. The van der Waals surface area contributed by atoms with Crippen molar-refractivity contribution in [2.75, 3.05) is 0 Å². The molecule has 8 aromatic carbocycles. The Labute approximate surface area is 322 Å². The van der Waals surface area contributed by atoms with Crippen LogP contribution in [0.1, 0.15) is 0 Å². The van der Waals surface area contributed by atoms with Crippen LogP contribution < -0.4 is 0 Å². The lowest BCUT2D eigenvalue weighted by Gasteiger charge is -2.12. The molecular weight excluding hydrogens is 711 g/mol. The average Bonchev–Trinajstić information content (AvgIpc) is 3.94. The van der Waals surface area contributed by atoms with E-state index < -0.39 is 0 Å². The Morgan fingerprint density at radius 1 is 0.364 bits per heavy atom. The van der Waals surface area contributed by atoms with Crippen LogP contribution in [0.25, 0.3) is 118 Å². The van der Waals surface area contributed by atoms with Crippen molar-refractivity contribution >= 4 is 95.7 Å². The van der Waals surface area contributed by atoms with E-state index in [2.05, 4.69) is 115 Å². The quantitative estimate of drug-likeness (QED) is 0.180. The van der Waals surface area contributed by atoms with E-state index >= 15 is 0 Å². The lowest BCUT2D eigenvalue weighted by atomic mass is 9.92. The zero-order valence-corrected chi connectivity index (χ0v) is 30.8. The maximum Gasteiger partial charge on any atom is 0.164 e. The van der Waals surface area contributed by atoms with E-state index in [9.17, 15) is 0 Å². The number of benzene rings is 8. The average molecular weight is 738 g/mol. The number of thiophene rings is 2. The van der Waals surface area contributed by atoms with Crippen molar-refractivity contribution in [3.63, 3.8) is 0 Å². The van der Waals surface area contributed by atoms with Gasteiger partial charge < -0.3 is 4.42 Å². The molecule has 0 fully saturated rings. The predicted molar refractivity (Wildman–Crippen MR) is 232 cm³/mol. The van der Waals surface area contributed by atoms with E-state index in [-0.39, 0.29) is 0 Å². The van der Waals surface area contributed by atoms with Gasteiger partial charge in [-0.05, 0) is 64.4 Å². The number of rotatable bonds is 4. The summed E-state index contributed by atoms with van der Waals surface area (Å²) in [6.07, 6.45) is 0. The van der Waals surface area contributed by atoms with Gasteiger partial charge in [0.05, 0.1) is 0 Å². The number of nitrogens with zero attached hydrogens (tertiary/aromatic N) is 3. The van der Waals surface area contributed by atoms with Gasteiger partial charge in [-0.2, -0.15) is 0 Å². The third kappa shape index (κ3) is 4.72. The van der Waals surface area contributed by atoms with Gasteiger partial charge >= 0.3 is 0 Å². The fraction of sp³-hybridized carbons (Fsp3) is 0. The van der Waals surface area contributed by atoms with Gasteiger partial charge in [0.1, 0.15) is 11.2 Å². The molecule has 0 atom stereocenters. The molecule has 6 heteroatoms. The summed E-state index contributed by atoms with van der Waals surface area (Å²) in [5, 5.41) is 9.50. The highest BCUT2D eigenvalue weighted by Gasteiger charge is 2.21. The number of fused-ring (bicyclic) bond motifs is 10. The van der Waals surface area contributed by atoms with Crippen LogP contribution in [-0.4, -0.2) is 15.0 Å². The molecule has 0 saturated carbocycles. The molecule has 0 aliphatic rings. The lowest BCUT2D eigenvalue weighted by Crippen LogP contribution is -2.00. The van der Waals surface area contributed by atoms with Crippen LogP contribution in [0, 0.1) is 0 Å². The lowest BCUT2D eigenvalue weighted by molar-refractivity contribution is 0.669. The van der Waals surface area contributed by atoms with Gasteiger partial charge in [-0.25, -0.2) is 15.0 Å². The van der Waals surface area contributed by atoms with Crippen molar-refractivity contribution in [3.8, 4) is 45.3 Å². The van der Waals surface area contributed by atoms with Gasteiger partial charge in [0.15, 0.2) is 17.5 Å². The Balaban J connectivity index is 1.13. The number of hydrogen-bond donors (Lipinski definition) is 0. The summed E-state index contributed by atoms with van der Waals surface area (Å²) in [7, 11) is 0. The second-order valence-electron chi connectivity index (χ2n) is 13.9. The molecule has 4 aromatic heterocycles. The van der Waals surface area contributed by atoms with E-state index in [1.807, 2.05) is 71.2 Å². The minimum atomic E-state index is 0.612. The summed E-state index contributed by atoms with van der Waals surface area (Å²) < 4.78 is 11.3. The Kier molecular flexibility index (Phi) is 6.64. The van der Waals surface area contributed by atoms with Gasteiger partial charge in [-0.15, -0.1) is 22.7 Å². The molecular formula is C49H27N3OS2. The van der Waals surface area contributed by atoms with E-state index in [4.69, 9.17) is 19.4 Å². The van der Waals surface area contributed by atoms with E-state index in [1.165, 1.54) is 56.9 Å². The second kappa shape index (κ2) is 11.9. The first-order chi connectivity index (χ1) is 27.2. The molecule has 55 heavy (non-hydrogen) atoms. The van der Waals surface area contributed by atoms with Crippen molar-refractivity contribution in [3.05, 3.63) is 164 Å². The molecule has 256 valence electrons. The van der Waals surface area contributed by atoms with Gasteiger partial charge in [-0.1, -0.05) is 121 Å². The Morgan fingerprint density at radius 3 is 1.87 bits per heavy atom. The molecule has 0 aliphatic heterocycles. The molecule has 0 unspecified atom stereocenters. The van der Waals surface area contributed by atoms with Crippen molar-refractivity contribution in [1.29, 1.82) is 0 Å². The van der Waals surface area contributed by atoms with Crippen molar-refractivity contribution < 1.29 is 4.42 Å². The summed E-state index contributed by atoms with van der Waals surface area (Å²) in [5.74, 6) is 1.88. The Morgan fingerprint density at radius 2 is 1.00 bits per heavy atom. The minimum Gasteiger partial charge on any atom is -0.456 e. The minimum absolute atomic E-state index is 0.612. The first-order valence-electron chi connectivity index (χ1n) is 18.3. The van der Waals surface area contributed by atoms with E-state index in [1.54, 1.807) is 0 Å². The zero-order valence-electron chi connectivity index (χ0n) is 29.2. The highest BCUT2D eigenvalue weighted by Crippen LogP contribution is 2.47. The van der Waals surface area contributed by atoms with Crippen LogP contribution in [0.5, 0.6) is 0 Å². The van der Waals surface area contributed by atoms with Crippen LogP contribution in [0.15, 0.2) is 168 Å². The highest BCUT2D eigenvalue weighted by molar-refractivity contribution is 7.26. The molecule has 0 amide bonds. The SMILES string of the molecule is c1ccc(-c2nc(-c3cccc4oc5ccccc5c34)nc(-c3cccc4sc5ccc(-c6c7ccccc7cc7sc8ccccc8c67)cc5c34)n2)cc1. The third-order valence-electron chi connectivity index (χ3n) is 10.7. The Hall–Kier alpha value is -6.73. The monoisotopic (exact) mass is 737 g/mol. The predicted octanol–water partition coefficient (Wildman–Crippen LogP) is 14.3. The largest absolute Gasteiger partial charge is 0.456 e. The third-order valence-corrected chi connectivity index (χ3v) is 13.0. The molecule has 4 nitrogen and oxygen atoms in total. The number of furan rings is 1. The summed E-state index contributed by atoms with van der Waals surface area (Å²) in [6.45, 7) is 0. The van der Waals surface area contributed by atoms with Crippen molar-refractivity contribution in [2.45, 2.75) is 0 Å². The second-order valence-corrected chi connectivity index (χ2v) is 16.1.